The number of esters is 1. The largest absolute Gasteiger partial charge is 0.465 e. The van der Waals surface area contributed by atoms with Gasteiger partial charge in [0.1, 0.15) is 5.82 Å². The highest BCUT2D eigenvalue weighted by Gasteiger charge is 2.11. The molecule has 0 aliphatic heterocycles. The van der Waals surface area contributed by atoms with E-state index in [0.29, 0.717) is 12.1 Å². The van der Waals surface area contributed by atoms with Crippen LogP contribution >= 0.6 is 11.6 Å². The van der Waals surface area contributed by atoms with Gasteiger partial charge in [0, 0.05) is 12.2 Å². The average Bonchev–Trinajstić information content (AvgIpc) is 2.49. The number of hydrogen-bond donors (Lipinski definition) is 1. The van der Waals surface area contributed by atoms with Crippen molar-refractivity contribution < 1.29 is 13.9 Å². The maximum Gasteiger partial charge on any atom is 0.338 e. The Labute approximate surface area is 127 Å². The van der Waals surface area contributed by atoms with Gasteiger partial charge < -0.3 is 10.1 Å². The molecule has 5 heteroatoms. The summed E-state index contributed by atoms with van der Waals surface area (Å²) in [5, 5.41) is 3.30. The van der Waals surface area contributed by atoms with Crippen LogP contribution < -0.4 is 5.32 Å². The summed E-state index contributed by atoms with van der Waals surface area (Å²) in [7, 11) is 1.35. The molecule has 2 rings (SSSR count). The minimum absolute atomic E-state index is 0.0920. The molecule has 0 aliphatic rings. The predicted molar refractivity (Wildman–Crippen MR) is 81.3 cm³/mol. The van der Waals surface area contributed by atoms with Gasteiger partial charge in [0.05, 0.1) is 17.7 Å². The summed E-state index contributed by atoms with van der Waals surface area (Å²) < 4.78 is 17.8. The molecule has 0 spiro atoms. The van der Waals surface area contributed by atoms with Gasteiger partial charge in [-0.25, -0.2) is 9.18 Å². The number of anilines is 1. The van der Waals surface area contributed by atoms with Gasteiger partial charge in [-0.3, -0.25) is 0 Å². The molecular weight excluding hydrogens is 293 g/mol. The van der Waals surface area contributed by atoms with E-state index in [1.165, 1.54) is 13.2 Å². The standard InChI is InChI=1S/C16H15ClFNO2/c1-10-12(16(20)21-2)4-3-5-15(10)19-9-11-6-7-14(18)13(17)8-11/h3-8,19H,9H2,1-2H3. The van der Waals surface area contributed by atoms with Gasteiger partial charge in [-0.2, -0.15) is 0 Å². The highest BCUT2D eigenvalue weighted by molar-refractivity contribution is 6.30. The number of hydrogen-bond acceptors (Lipinski definition) is 3. The van der Waals surface area contributed by atoms with Crippen LogP contribution in [0.1, 0.15) is 21.5 Å². The van der Waals surface area contributed by atoms with Crippen molar-refractivity contribution in [2.24, 2.45) is 0 Å². The van der Waals surface area contributed by atoms with E-state index in [9.17, 15) is 9.18 Å². The molecule has 3 nitrogen and oxygen atoms in total. The highest BCUT2D eigenvalue weighted by atomic mass is 35.5. The van der Waals surface area contributed by atoms with Gasteiger partial charge in [-0.05, 0) is 42.3 Å². The molecule has 21 heavy (non-hydrogen) atoms. The fourth-order valence-corrected chi connectivity index (χ4v) is 2.21. The molecule has 0 amide bonds. The van der Waals surface area contributed by atoms with Crippen LogP contribution in [-0.4, -0.2) is 13.1 Å². The van der Waals surface area contributed by atoms with E-state index in [-0.39, 0.29) is 11.0 Å². The summed E-state index contributed by atoms with van der Waals surface area (Å²) in [5.41, 5.74) is 2.99. The van der Waals surface area contributed by atoms with Crippen LogP contribution in [0.2, 0.25) is 5.02 Å². The van der Waals surface area contributed by atoms with Crippen LogP contribution in [0.15, 0.2) is 36.4 Å². The van der Waals surface area contributed by atoms with Crippen molar-refractivity contribution in [2.75, 3.05) is 12.4 Å². The first-order valence-electron chi connectivity index (χ1n) is 6.38. The molecule has 110 valence electrons. The Morgan fingerprint density at radius 1 is 1.33 bits per heavy atom. The minimum atomic E-state index is -0.440. The van der Waals surface area contributed by atoms with Crippen LogP contribution in [0.3, 0.4) is 0 Å². The Kier molecular flexibility index (Phi) is 4.81. The monoisotopic (exact) mass is 307 g/mol. The van der Waals surface area contributed by atoms with Gasteiger partial charge in [-0.15, -0.1) is 0 Å². The van der Waals surface area contributed by atoms with E-state index in [1.54, 1.807) is 24.3 Å². The molecule has 0 fully saturated rings. The quantitative estimate of drug-likeness (QED) is 0.861. The van der Waals surface area contributed by atoms with E-state index in [4.69, 9.17) is 16.3 Å². The second kappa shape index (κ2) is 6.59. The lowest BCUT2D eigenvalue weighted by atomic mass is 10.1. The van der Waals surface area contributed by atoms with Gasteiger partial charge in [-0.1, -0.05) is 23.7 Å². The Bertz CT molecular complexity index is 673. The molecule has 0 aliphatic carbocycles. The third-order valence-electron chi connectivity index (χ3n) is 3.21. The van der Waals surface area contributed by atoms with Crippen molar-refractivity contribution in [2.45, 2.75) is 13.5 Å². The Morgan fingerprint density at radius 3 is 2.76 bits per heavy atom. The van der Waals surface area contributed by atoms with Crippen LogP contribution in [0.4, 0.5) is 10.1 Å². The molecule has 0 saturated carbocycles. The molecule has 0 bridgehead atoms. The number of nitrogens with one attached hydrogen (secondary N) is 1. The fourth-order valence-electron chi connectivity index (χ4n) is 2.01. The predicted octanol–water partition coefficient (Wildman–Crippen LogP) is 4.19. The zero-order chi connectivity index (χ0) is 15.4. The van der Waals surface area contributed by atoms with Crippen LogP contribution in [0.25, 0.3) is 0 Å². The van der Waals surface area contributed by atoms with E-state index < -0.39 is 5.82 Å². The molecule has 0 aromatic heterocycles. The van der Waals surface area contributed by atoms with Gasteiger partial charge >= 0.3 is 5.97 Å². The molecule has 0 radical (unpaired) electrons. The number of carbonyl (C=O) groups is 1. The summed E-state index contributed by atoms with van der Waals surface area (Å²) in [6.07, 6.45) is 0. The van der Waals surface area contributed by atoms with E-state index in [0.717, 1.165) is 16.8 Å². The lowest BCUT2D eigenvalue weighted by Crippen LogP contribution is -2.07. The topological polar surface area (TPSA) is 38.3 Å². The molecule has 0 atom stereocenters. The van der Waals surface area contributed by atoms with Crippen molar-refractivity contribution >= 4 is 23.3 Å². The lowest BCUT2D eigenvalue weighted by Gasteiger charge is -2.12. The Balaban J connectivity index is 2.16. The van der Waals surface area contributed by atoms with Crippen molar-refractivity contribution in [1.29, 1.82) is 0 Å². The maximum atomic E-state index is 13.1. The van der Waals surface area contributed by atoms with Crippen molar-refractivity contribution in [1.82, 2.24) is 0 Å². The number of rotatable bonds is 4. The summed E-state index contributed by atoms with van der Waals surface area (Å²) in [6.45, 7) is 2.32. The zero-order valence-electron chi connectivity index (χ0n) is 11.7. The van der Waals surface area contributed by atoms with Crippen LogP contribution in [0, 0.1) is 12.7 Å². The smallest absolute Gasteiger partial charge is 0.338 e. The number of methoxy groups -OCH3 is 1. The van der Waals surface area contributed by atoms with Crippen molar-refractivity contribution in [3.05, 3.63) is 63.9 Å². The van der Waals surface area contributed by atoms with Gasteiger partial charge in [0.15, 0.2) is 0 Å². The Morgan fingerprint density at radius 2 is 2.10 bits per heavy atom. The molecule has 2 aromatic carbocycles. The summed E-state index contributed by atoms with van der Waals surface area (Å²) in [6, 6.07) is 9.92. The zero-order valence-corrected chi connectivity index (χ0v) is 12.5. The number of carbonyl (C=O) groups excluding carboxylic acids is 1. The first kappa shape index (κ1) is 15.3. The molecule has 0 heterocycles. The third kappa shape index (κ3) is 3.52. The molecule has 1 N–H and O–H groups in total. The number of benzene rings is 2. The van der Waals surface area contributed by atoms with E-state index >= 15 is 0 Å². The first-order valence-corrected chi connectivity index (χ1v) is 6.76. The van der Waals surface area contributed by atoms with E-state index in [1.807, 2.05) is 13.0 Å². The van der Waals surface area contributed by atoms with Gasteiger partial charge in [0.2, 0.25) is 0 Å². The lowest BCUT2D eigenvalue weighted by molar-refractivity contribution is 0.0600. The molecular formula is C16H15ClFNO2. The fraction of sp³-hybridized carbons (Fsp3) is 0.188. The SMILES string of the molecule is COC(=O)c1cccc(NCc2ccc(F)c(Cl)c2)c1C. The Hall–Kier alpha value is -2.07. The summed E-state index contributed by atoms with van der Waals surface area (Å²) in [4.78, 5) is 11.6. The molecule has 0 unspecified atom stereocenters. The average molecular weight is 308 g/mol. The third-order valence-corrected chi connectivity index (χ3v) is 3.50. The normalized spacial score (nSPS) is 10.3. The summed E-state index contributed by atoms with van der Waals surface area (Å²) in [5.74, 6) is -0.815. The molecule has 0 saturated heterocycles. The highest BCUT2D eigenvalue weighted by Crippen LogP contribution is 2.21. The van der Waals surface area contributed by atoms with Crippen LogP contribution in [0.5, 0.6) is 0 Å². The number of halogens is 2. The van der Waals surface area contributed by atoms with Gasteiger partial charge in [0.25, 0.3) is 0 Å². The van der Waals surface area contributed by atoms with Crippen molar-refractivity contribution in [3.63, 3.8) is 0 Å². The van der Waals surface area contributed by atoms with Crippen LogP contribution in [-0.2, 0) is 11.3 Å². The molecule has 2 aromatic rings. The van der Waals surface area contributed by atoms with E-state index in [2.05, 4.69) is 5.32 Å². The first-order chi connectivity index (χ1) is 10.0. The minimum Gasteiger partial charge on any atom is -0.465 e. The maximum absolute atomic E-state index is 13.1. The second-order valence-electron chi connectivity index (χ2n) is 4.57. The second-order valence-corrected chi connectivity index (χ2v) is 4.98. The number of ether oxygens (including phenoxy) is 1. The van der Waals surface area contributed by atoms with Crippen molar-refractivity contribution in [3.8, 4) is 0 Å². The summed E-state index contributed by atoms with van der Waals surface area (Å²) >= 11 is 5.75.